The number of carbonyl (C=O) groups excluding carboxylic acids is 2. The fourth-order valence-corrected chi connectivity index (χ4v) is 4.14. The summed E-state index contributed by atoms with van der Waals surface area (Å²) in [4.78, 5) is 26.7. The van der Waals surface area contributed by atoms with Crippen LogP contribution in [0.3, 0.4) is 0 Å². The number of carbonyl (C=O) groups is 2. The molecule has 0 atom stereocenters. The number of anilines is 1. The van der Waals surface area contributed by atoms with E-state index >= 15 is 0 Å². The minimum atomic E-state index is -0.378. The molecule has 1 saturated heterocycles. The Morgan fingerprint density at radius 1 is 1.11 bits per heavy atom. The van der Waals surface area contributed by atoms with E-state index in [9.17, 15) is 14.0 Å². The number of likely N-dealkylation sites (tertiary alicyclic amines) is 1. The summed E-state index contributed by atoms with van der Waals surface area (Å²) in [5, 5.41) is 3.15. The summed E-state index contributed by atoms with van der Waals surface area (Å²) in [6, 6.07) is 11.5. The zero-order valence-electron chi connectivity index (χ0n) is 14.7. The smallest absolute Gasteiger partial charge is 0.255 e. The first-order chi connectivity index (χ1) is 13.1. The minimum Gasteiger partial charge on any atom is -0.339 e. The van der Waals surface area contributed by atoms with Crippen molar-refractivity contribution in [1.29, 1.82) is 0 Å². The Morgan fingerprint density at radius 3 is 2.59 bits per heavy atom. The third kappa shape index (κ3) is 5.02. The zero-order valence-corrected chi connectivity index (χ0v) is 16.3. The lowest BCUT2D eigenvalue weighted by Gasteiger charge is -2.18. The van der Waals surface area contributed by atoms with Crippen LogP contribution in [0, 0.1) is 5.82 Å². The zero-order chi connectivity index (χ0) is 19.2. The van der Waals surface area contributed by atoms with Gasteiger partial charge in [0.2, 0.25) is 5.91 Å². The standard InChI is InChI=1S/C20H20ClFN2O2S/c21-16-7-5-8-17(22)15(16)12-27-13-19(25)23-18-9-2-1-6-14(18)20(26)24-10-3-4-11-24/h1-2,5-9H,3-4,10-13H2,(H,23,25). The highest BCUT2D eigenvalue weighted by Gasteiger charge is 2.22. The normalized spacial score (nSPS) is 13.6. The van der Waals surface area contributed by atoms with E-state index in [0.29, 0.717) is 27.6 Å². The number of para-hydroxylation sites is 1. The van der Waals surface area contributed by atoms with E-state index < -0.39 is 0 Å². The molecule has 2 aromatic carbocycles. The maximum absolute atomic E-state index is 13.8. The second kappa shape index (κ2) is 9.24. The third-order valence-corrected chi connectivity index (χ3v) is 5.68. The van der Waals surface area contributed by atoms with E-state index in [1.807, 2.05) is 0 Å². The van der Waals surface area contributed by atoms with Gasteiger partial charge in [-0.3, -0.25) is 9.59 Å². The van der Waals surface area contributed by atoms with Crippen molar-refractivity contribution in [2.75, 3.05) is 24.2 Å². The van der Waals surface area contributed by atoms with Gasteiger partial charge in [0, 0.05) is 29.4 Å². The van der Waals surface area contributed by atoms with Gasteiger partial charge in [0.05, 0.1) is 17.0 Å². The van der Waals surface area contributed by atoms with Gasteiger partial charge in [-0.15, -0.1) is 11.8 Å². The van der Waals surface area contributed by atoms with Crippen molar-refractivity contribution in [3.8, 4) is 0 Å². The van der Waals surface area contributed by atoms with E-state index in [4.69, 9.17) is 11.6 Å². The number of nitrogens with zero attached hydrogens (tertiary/aromatic N) is 1. The van der Waals surface area contributed by atoms with Crippen LogP contribution in [-0.2, 0) is 10.5 Å². The third-order valence-electron chi connectivity index (χ3n) is 4.37. The van der Waals surface area contributed by atoms with Crippen LogP contribution in [0.1, 0.15) is 28.8 Å². The topological polar surface area (TPSA) is 49.4 Å². The van der Waals surface area contributed by atoms with Gasteiger partial charge in [-0.25, -0.2) is 4.39 Å². The van der Waals surface area contributed by atoms with E-state index in [2.05, 4.69) is 5.32 Å². The molecule has 1 aliphatic heterocycles. The molecular formula is C20H20ClFN2O2S. The number of amides is 2. The summed E-state index contributed by atoms with van der Waals surface area (Å²) in [6.45, 7) is 1.50. The summed E-state index contributed by atoms with van der Waals surface area (Å²) < 4.78 is 13.8. The van der Waals surface area contributed by atoms with Crippen LogP contribution in [0.5, 0.6) is 0 Å². The van der Waals surface area contributed by atoms with Crippen molar-refractivity contribution in [1.82, 2.24) is 4.90 Å². The van der Waals surface area contributed by atoms with Crippen LogP contribution >= 0.6 is 23.4 Å². The molecule has 7 heteroatoms. The Hall–Kier alpha value is -2.05. The Balaban J connectivity index is 1.59. The highest BCUT2D eigenvalue weighted by molar-refractivity contribution is 7.99. The predicted molar refractivity (Wildman–Crippen MR) is 108 cm³/mol. The fraction of sp³-hybridized carbons (Fsp3) is 0.300. The van der Waals surface area contributed by atoms with Crippen molar-refractivity contribution < 1.29 is 14.0 Å². The van der Waals surface area contributed by atoms with Gasteiger partial charge in [-0.05, 0) is 37.1 Å². The minimum absolute atomic E-state index is 0.0609. The lowest BCUT2D eigenvalue weighted by molar-refractivity contribution is -0.113. The molecule has 3 rings (SSSR count). The molecule has 1 heterocycles. The molecule has 142 valence electrons. The summed E-state index contributed by atoms with van der Waals surface area (Å²) in [7, 11) is 0. The second-order valence-electron chi connectivity index (χ2n) is 6.29. The Bertz CT molecular complexity index is 820. The van der Waals surface area contributed by atoms with Gasteiger partial charge in [0.1, 0.15) is 5.82 Å². The first-order valence-electron chi connectivity index (χ1n) is 8.75. The number of thioether (sulfide) groups is 1. The molecule has 0 bridgehead atoms. The van der Waals surface area contributed by atoms with Gasteiger partial charge in [-0.2, -0.15) is 0 Å². The summed E-state index contributed by atoms with van der Waals surface area (Å²) >= 11 is 7.27. The molecule has 1 aliphatic rings. The quantitative estimate of drug-likeness (QED) is 0.763. The van der Waals surface area contributed by atoms with Gasteiger partial charge in [0.15, 0.2) is 0 Å². The average Bonchev–Trinajstić information content (AvgIpc) is 3.19. The lowest BCUT2D eigenvalue weighted by Crippen LogP contribution is -2.29. The Labute approximate surface area is 167 Å². The molecule has 0 saturated carbocycles. The summed E-state index contributed by atoms with van der Waals surface area (Å²) in [5.74, 6) is -0.246. The molecule has 1 N–H and O–H groups in total. The Kier molecular flexibility index (Phi) is 6.74. The maximum atomic E-state index is 13.8. The van der Waals surface area contributed by atoms with Crippen LogP contribution in [0.4, 0.5) is 10.1 Å². The molecule has 0 spiro atoms. The molecule has 4 nitrogen and oxygen atoms in total. The number of benzene rings is 2. The number of rotatable bonds is 6. The molecule has 0 aromatic heterocycles. The maximum Gasteiger partial charge on any atom is 0.255 e. The van der Waals surface area contributed by atoms with Crippen molar-refractivity contribution in [3.63, 3.8) is 0 Å². The van der Waals surface area contributed by atoms with E-state index in [0.717, 1.165) is 25.9 Å². The van der Waals surface area contributed by atoms with Crippen LogP contribution in [0.2, 0.25) is 5.02 Å². The SMILES string of the molecule is O=C(CSCc1c(F)cccc1Cl)Nc1ccccc1C(=O)N1CCCC1. The molecule has 2 aromatic rings. The highest BCUT2D eigenvalue weighted by atomic mass is 35.5. The number of hydrogen-bond acceptors (Lipinski definition) is 3. The summed E-state index contributed by atoms with van der Waals surface area (Å²) in [5.41, 5.74) is 1.39. The van der Waals surface area contributed by atoms with Gasteiger partial charge < -0.3 is 10.2 Å². The van der Waals surface area contributed by atoms with Crippen LogP contribution in [-0.4, -0.2) is 35.6 Å². The number of hydrogen-bond donors (Lipinski definition) is 1. The fourth-order valence-electron chi connectivity index (χ4n) is 2.97. The Morgan fingerprint density at radius 2 is 1.85 bits per heavy atom. The molecule has 0 unspecified atom stereocenters. The molecule has 1 fully saturated rings. The van der Waals surface area contributed by atoms with Crippen molar-refractivity contribution in [2.24, 2.45) is 0 Å². The molecule has 0 radical (unpaired) electrons. The molecule has 27 heavy (non-hydrogen) atoms. The first-order valence-corrected chi connectivity index (χ1v) is 10.3. The van der Waals surface area contributed by atoms with Gasteiger partial charge in [-0.1, -0.05) is 29.8 Å². The first kappa shape index (κ1) is 19.7. The summed E-state index contributed by atoms with van der Waals surface area (Å²) in [6.07, 6.45) is 2.02. The van der Waals surface area contributed by atoms with Crippen molar-refractivity contribution >= 4 is 40.9 Å². The van der Waals surface area contributed by atoms with E-state index in [-0.39, 0.29) is 23.4 Å². The van der Waals surface area contributed by atoms with Gasteiger partial charge in [0.25, 0.3) is 5.91 Å². The lowest BCUT2D eigenvalue weighted by atomic mass is 10.1. The van der Waals surface area contributed by atoms with Crippen LogP contribution < -0.4 is 5.32 Å². The highest BCUT2D eigenvalue weighted by Crippen LogP contribution is 2.24. The molecule has 2 amide bonds. The largest absolute Gasteiger partial charge is 0.339 e. The predicted octanol–water partition coefficient (Wildman–Crippen LogP) is 4.59. The van der Waals surface area contributed by atoms with Crippen LogP contribution in [0.25, 0.3) is 0 Å². The van der Waals surface area contributed by atoms with Crippen molar-refractivity contribution in [3.05, 3.63) is 64.4 Å². The van der Waals surface area contributed by atoms with Gasteiger partial charge >= 0.3 is 0 Å². The van der Waals surface area contributed by atoms with E-state index in [1.54, 1.807) is 41.3 Å². The van der Waals surface area contributed by atoms with Crippen LogP contribution in [0.15, 0.2) is 42.5 Å². The number of halogens is 2. The second-order valence-corrected chi connectivity index (χ2v) is 7.68. The average molecular weight is 407 g/mol. The van der Waals surface area contributed by atoms with E-state index in [1.165, 1.54) is 17.8 Å². The van der Waals surface area contributed by atoms with Crippen molar-refractivity contribution in [2.45, 2.75) is 18.6 Å². The monoisotopic (exact) mass is 406 g/mol. The molecule has 0 aliphatic carbocycles. The molecular weight excluding hydrogens is 387 g/mol. The number of nitrogens with one attached hydrogen (secondary N) is 1.